The van der Waals surface area contributed by atoms with Crippen LogP contribution in [-0.2, 0) is 23.6 Å². The molecule has 1 aromatic carbocycles. The number of carbonyl (C=O) groups is 1. The molecule has 2 rings (SSSR count). The maximum Gasteiger partial charge on any atom is 0.251 e. The summed E-state index contributed by atoms with van der Waals surface area (Å²) in [6.45, 7) is 2.44. The first-order valence-electron chi connectivity index (χ1n) is 6.73. The van der Waals surface area contributed by atoms with Crippen molar-refractivity contribution in [1.82, 2.24) is 9.88 Å². The molecule has 0 aliphatic rings. The van der Waals surface area contributed by atoms with Crippen LogP contribution in [0.4, 0.5) is 5.69 Å². The predicted octanol–water partition coefficient (Wildman–Crippen LogP) is 1.64. The number of carbonyl (C=O) groups excluding carboxylic acids is 1. The zero-order valence-corrected chi connectivity index (χ0v) is 13.6. The second-order valence-electron chi connectivity index (χ2n) is 5.16. The maximum atomic E-state index is 12.1. The molecule has 0 aliphatic heterocycles. The van der Waals surface area contributed by atoms with Crippen molar-refractivity contribution in [2.24, 2.45) is 7.05 Å². The van der Waals surface area contributed by atoms with Crippen LogP contribution in [0.3, 0.4) is 0 Å². The van der Waals surface area contributed by atoms with Gasteiger partial charge in [0.15, 0.2) is 0 Å². The van der Waals surface area contributed by atoms with Crippen molar-refractivity contribution >= 4 is 21.6 Å². The number of anilines is 1. The number of hydrogen-bond donors (Lipinski definition) is 2. The number of sulfonamides is 1. The molecule has 1 heterocycles. The lowest BCUT2D eigenvalue weighted by Crippen LogP contribution is -2.24. The fourth-order valence-corrected chi connectivity index (χ4v) is 2.59. The van der Waals surface area contributed by atoms with Gasteiger partial charge in [-0.15, -0.1) is 0 Å². The maximum absolute atomic E-state index is 12.1. The van der Waals surface area contributed by atoms with Crippen molar-refractivity contribution in [3.8, 4) is 0 Å². The third kappa shape index (κ3) is 4.11. The van der Waals surface area contributed by atoms with Crippen LogP contribution in [0.2, 0.25) is 0 Å². The summed E-state index contributed by atoms with van der Waals surface area (Å²) in [4.78, 5) is 12.1. The minimum Gasteiger partial charge on any atom is -0.350 e. The van der Waals surface area contributed by atoms with Crippen molar-refractivity contribution in [2.75, 3.05) is 11.0 Å². The molecule has 0 aliphatic carbocycles. The number of aryl methyl sites for hydroxylation is 1. The molecule has 0 radical (unpaired) electrons. The molecule has 118 valence electrons. The third-order valence-electron chi connectivity index (χ3n) is 3.36. The summed E-state index contributed by atoms with van der Waals surface area (Å²) >= 11 is 0. The molecule has 0 saturated heterocycles. The average Bonchev–Trinajstić information content (AvgIpc) is 2.75. The average molecular weight is 321 g/mol. The van der Waals surface area contributed by atoms with Gasteiger partial charge in [-0.25, -0.2) is 8.42 Å². The molecule has 7 heteroatoms. The monoisotopic (exact) mass is 321 g/mol. The number of benzene rings is 1. The lowest BCUT2D eigenvalue weighted by atomic mass is 10.2. The van der Waals surface area contributed by atoms with Crippen LogP contribution >= 0.6 is 0 Å². The summed E-state index contributed by atoms with van der Waals surface area (Å²) in [6.07, 6.45) is 1.08. The van der Waals surface area contributed by atoms with Gasteiger partial charge >= 0.3 is 0 Å². The van der Waals surface area contributed by atoms with E-state index in [1.165, 1.54) is 0 Å². The second-order valence-corrected chi connectivity index (χ2v) is 6.91. The number of rotatable bonds is 5. The van der Waals surface area contributed by atoms with E-state index in [1.807, 2.05) is 30.7 Å². The number of nitrogens with zero attached hydrogens (tertiary/aromatic N) is 1. The highest BCUT2D eigenvalue weighted by Crippen LogP contribution is 2.11. The van der Waals surface area contributed by atoms with Gasteiger partial charge in [0.25, 0.3) is 5.91 Å². The lowest BCUT2D eigenvalue weighted by molar-refractivity contribution is 0.0950. The van der Waals surface area contributed by atoms with E-state index in [2.05, 4.69) is 10.0 Å². The Kier molecular flexibility index (Phi) is 4.56. The highest BCUT2D eigenvalue weighted by atomic mass is 32.2. The molecule has 0 unspecified atom stereocenters. The van der Waals surface area contributed by atoms with Gasteiger partial charge in [0.2, 0.25) is 10.0 Å². The van der Waals surface area contributed by atoms with Crippen molar-refractivity contribution < 1.29 is 13.2 Å². The minimum absolute atomic E-state index is 0.204. The molecule has 6 nitrogen and oxygen atoms in total. The second kappa shape index (κ2) is 6.23. The molecule has 2 N–H and O–H groups in total. The molecular formula is C15H19N3O3S. The minimum atomic E-state index is -3.31. The largest absolute Gasteiger partial charge is 0.350 e. The zero-order chi connectivity index (χ0) is 16.3. The van der Waals surface area contributed by atoms with E-state index >= 15 is 0 Å². The molecule has 2 aromatic rings. The Morgan fingerprint density at radius 3 is 2.27 bits per heavy atom. The van der Waals surface area contributed by atoms with Crippen LogP contribution in [0.1, 0.15) is 21.7 Å². The van der Waals surface area contributed by atoms with E-state index in [9.17, 15) is 13.2 Å². The van der Waals surface area contributed by atoms with Crippen molar-refractivity contribution in [3.63, 3.8) is 0 Å². The van der Waals surface area contributed by atoms with Gasteiger partial charge in [-0.1, -0.05) is 0 Å². The van der Waals surface area contributed by atoms with E-state index in [-0.39, 0.29) is 5.91 Å². The molecule has 22 heavy (non-hydrogen) atoms. The number of hydrogen-bond acceptors (Lipinski definition) is 3. The predicted molar refractivity (Wildman–Crippen MR) is 86.2 cm³/mol. The smallest absolute Gasteiger partial charge is 0.251 e. The van der Waals surface area contributed by atoms with Crippen LogP contribution in [-0.4, -0.2) is 25.1 Å². The Morgan fingerprint density at radius 1 is 1.14 bits per heavy atom. The van der Waals surface area contributed by atoms with E-state index in [0.29, 0.717) is 17.8 Å². The molecular weight excluding hydrogens is 302 g/mol. The van der Waals surface area contributed by atoms with Gasteiger partial charge in [-0.3, -0.25) is 9.52 Å². The standard InChI is InChI=1S/C15H19N3O3S/c1-11-4-9-14(18(11)2)10-16-15(19)12-5-7-13(8-6-12)17-22(3,20)21/h4-9,17H,10H2,1-3H3,(H,16,19). The molecule has 1 amide bonds. The summed E-state index contributed by atoms with van der Waals surface area (Å²) in [6, 6.07) is 10.2. The van der Waals surface area contributed by atoms with Crippen molar-refractivity contribution in [1.29, 1.82) is 0 Å². The SMILES string of the molecule is Cc1ccc(CNC(=O)c2ccc(NS(C)(=O)=O)cc2)n1C. The molecule has 0 spiro atoms. The third-order valence-corrected chi connectivity index (χ3v) is 3.96. The van der Waals surface area contributed by atoms with Crippen LogP contribution in [0.5, 0.6) is 0 Å². The first-order chi connectivity index (χ1) is 10.3. The van der Waals surface area contributed by atoms with Gasteiger partial charge in [0.05, 0.1) is 12.8 Å². The summed E-state index contributed by atoms with van der Waals surface area (Å²) in [5.41, 5.74) is 3.05. The molecule has 0 fully saturated rings. The quantitative estimate of drug-likeness (QED) is 0.878. The Labute approximate surface area is 130 Å². The lowest BCUT2D eigenvalue weighted by Gasteiger charge is -2.08. The molecule has 0 bridgehead atoms. The number of amides is 1. The summed E-state index contributed by atoms with van der Waals surface area (Å²) < 4.78 is 26.6. The highest BCUT2D eigenvalue weighted by molar-refractivity contribution is 7.92. The molecule has 1 aromatic heterocycles. The Balaban J connectivity index is 1.99. The topological polar surface area (TPSA) is 80.2 Å². The van der Waals surface area contributed by atoms with Crippen molar-refractivity contribution in [3.05, 3.63) is 53.3 Å². The van der Waals surface area contributed by atoms with Gasteiger partial charge in [-0.05, 0) is 43.3 Å². The summed E-state index contributed by atoms with van der Waals surface area (Å²) in [5.74, 6) is -0.204. The number of nitrogens with one attached hydrogen (secondary N) is 2. The Hall–Kier alpha value is -2.28. The first kappa shape index (κ1) is 16.1. The van der Waals surface area contributed by atoms with Gasteiger partial charge in [0, 0.05) is 29.7 Å². The van der Waals surface area contributed by atoms with Crippen LogP contribution < -0.4 is 10.0 Å². The van der Waals surface area contributed by atoms with E-state index in [1.54, 1.807) is 24.3 Å². The van der Waals surface area contributed by atoms with E-state index in [0.717, 1.165) is 17.6 Å². The van der Waals surface area contributed by atoms with Gasteiger partial charge in [-0.2, -0.15) is 0 Å². The molecule has 0 atom stereocenters. The van der Waals surface area contributed by atoms with Crippen LogP contribution in [0.25, 0.3) is 0 Å². The normalized spacial score (nSPS) is 11.2. The van der Waals surface area contributed by atoms with E-state index < -0.39 is 10.0 Å². The van der Waals surface area contributed by atoms with E-state index in [4.69, 9.17) is 0 Å². The summed E-state index contributed by atoms with van der Waals surface area (Å²) in [7, 11) is -1.37. The van der Waals surface area contributed by atoms with Gasteiger partial charge < -0.3 is 9.88 Å². The fraction of sp³-hybridized carbons (Fsp3) is 0.267. The Bertz CT molecular complexity index is 777. The highest BCUT2D eigenvalue weighted by Gasteiger charge is 2.08. The Morgan fingerprint density at radius 2 is 1.77 bits per heavy atom. The zero-order valence-electron chi connectivity index (χ0n) is 12.8. The van der Waals surface area contributed by atoms with Crippen LogP contribution in [0, 0.1) is 6.92 Å². The van der Waals surface area contributed by atoms with Crippen molar-refractivity contribution in [2.45, 2.75) is 13.5 Å². The first-order valence-corrected chi connectivity index (χ1v) is 8.62. The van der Waals surface area contributed by atoms with Crippen LogP contribution in [0.15, 0.2) is 36.4 Å². The molecule has 0 saturated carbocycles. The summed E-state index contributed by atoms with van der Waals surface area (Å²) in [5, 5.41) is 2.84. The van der Waals surface area contributed by atoms with Gasteiger partial charge in [0.1, 0.15) is 0 Å². The fourth-order valence-electron chi connectivity index (χ4n) is 2.02. The number of aromatic nitrogens is 1.